The summed E-state index contributed by atoms with van der Waals surface area (Å²) in [5.74, 6) is 11.1. The van der Waals surface area contributed by atoms with E-state index in [-0.39, 0.29) is 11.5 Å². The molecule has 1 aromatic carbocycles. The fraction of sp³-hybridized carbons (Fsp3) is 0.520. The topological polar surface area (TPSA) is 63.6 Å². The molecule has 0 saturated heterocycles. The van der Waals surface area contributed by atoms with Crippen molar-refractivity contribution in [2.24, 2.45) is 0 Å². The van der Waals surface area contributed by atoms with Gasteiger partial charge in [0, 0.05) is 19.3 Å². The summed E-state index contributed by atoms with van der Waals surface area (Å²) >= 11 is 0. The number of aromatic carboxylic acids is 1. The van der Waals surface area contributed by atoms with E-state index in [1.54, 1.807) is 0 Å². The first-order valence-electron chi connectivity index (χ1n) is 10.6. The summed E-state index contributed by atoms with van der Waals surface area (Å²) in [6.07, 6.45) is 12.2. The van der Waals surface area contributed by atoms with Crippen molar-refractivity contribution < 1.29 is 19.4 Å². The molecule has 0 aliphatic heterocycles. The SMILES string of the molecule is CCCCCC#CC#CCCCCCCCCC(=O)Oc1ccc(C(=O)O)cc1. The minimum atomic E-state index is -0.999. The Morgan fingerprint density at radius 2 is 1.38 bits per heavy atom. The van der Waals surface area contributed by atoms with E-state index < -0.39 is 5.97 Å². The highest BCUT2D eigenvalue weighted by molar-refractivity contribution is 5.87. The summed E-state index contributed by atoms with van der Waals surface area (Å²) in [5.41, 5.74) is 0.172. The second kappa shape index (κ2) is 16.3. The van der Waals surface area contributed by atoms with E-state index in [2.05, 4.69) is 30.6 Å². The van der Waals surface area contributed by atoms with Crippen molar-refractivity contribution >= 4 is 11.9 Å². The highest BCUT2D eigenvalue weighted by Gasteiger charge is 2.06. The zero-order chi connectivity index (χ0) is 21.2. The monoisotopic (exact) mass is 396 g/mol. The van der Waals surface area contributed by atoms with E-state index in [0.717, 1.165) is 51.4 Å². The third-order valence-corrected chi connectivity index (χ3v) is 4.41. The molecule has 0 aromatic heterocycles. The fourth-order valence-electron chi connectivity index (χ4n) is 2.71. The van der Waals surface area contributed by atoms with Gasteiger partial charge in [-0.2, -0.15) is 0 Å². The van der Waals surface area contributed by atoms with Crippen molar-refractivity contribution in [2.75, 3.05) is 0 Å². The van der Waals surface area contributed by atoms with Crippen LogP contribution in [0.15, 0.2) is 24.3 Å². The van der Waals surface area contributed by atoms with Gasteiger partial charge in [0.2, 0.25) is 0 Å². The lowest BCUT2D eigenvalue weighted by atomic mass is 10.1. The number of carbonyl (C=O) groups is 2. The molecule has 4 heteroatoms. The van der Waals surface area contributed by atoms with Crippen LogP contribution in [0.2, 0.25) is 0 Å². The van der Waals surface area contributed by atoms with Gasteiger partial charge in [-0.05, 0) is 55.4 Å². The number of benzene rings is 1. The molecule has 4 nitrogen and oxygen atoms in total. The molecule has 0 bridgehead atoms. The Balaban J connectivity index is 1.99. The number of carboxylic acid groups (broad SMARTS) is 1. The van der Waals surface area contributed by atoms with Crippen LogP contribution in [-0.4, -0.2) is 17.0 Å². The van der Waals surface area contributed by atoms with Gasteiger partial charge in [0.1, 0.15) is 5.75 Å². The molecule has 0 atom stereocenters. The van der Waals surface area contributed by atoms with Crippen LogP contribution in [-0.2, 0) is 4.79 Å². The average molecular weight is 397 g/mol. The summed E-state index contributed by atoms with van der Waals surface area (Å²) in [5, 5.41) is 8.84. The maximum Gasteiger partial charge on any atom is 0.335 e. The highest BCUT2D eigenvalue weighted by atomic mass is 16.5. The number of hydrogen-bond acceptors (Lipinski definition) is 3. The number of carbonyl (C=O) groups excluding carboxylic acids is 1. The van der Waals surface area contributed by atoms with E-state index in [1.165, 1.54) is 43.5 Å². The molecule has 0 saturated carbocycles. The largest absolute Gasteiger partial charge is 0.478 e. The highest BCUT2D eigenvalue weighted by Crippen LogP contribution is 2.14. The fourth-order valence-corrected chi connectivity index (χ4v) is 2.71. The minimum absolute atomic E-state index is 0.172. The summed E-state index contributed by atoms with van der Waals surface area (Å²) in [6, 6.07) is 5.86. The predicted molar refractivity (Wildman–Crippen MR) is 116 cm³/mol. The van der Waals surface area contributed by atoms with Gasteiger partial charge in [-0.1, -0.05) is 57.3 Å². The molecule has 0 heterocycles. The van der Waals surface area contributed by atoms with Gasteiger partial charge in [0.05, 0.1) is 5.56 Å². The Bertz CT molecular complexity index is 726. The minimum Gasteiger partial charge on any atom is -0.478 e. The van der Waals surface area contributed by atoms with E-state index >= 15 is 0 Å². The third kappa shape index (κ3) is 13.1. The van der Waals surface area contributed by atoms with Gasteiger partial charge >= 0.3 is 11.9 Å². The van der Waals surface area contributed by atoms with Crippen molar-refractivity contribution in [3.05, 3.63) is 29.8 Å². The Hall–Kier alpha value is -2.72. The van der Waals surface area contributed by atoms with Gasteiger partial charge in [0.15, 0.2) is 0 Å². The van der Waals surface area contributed by atoms with Gasteiger partial charge in [-0.15, -0.1) is 0 Å². The summed E-state index contributed by atoms with van der Waals surface area (Å²) in [7, 11) is 0. The first kappa shape index (κ1) is 24.3. The Morgan fingerprint density at radius 1 is 0.828 bits per heavy atom. The average Bonchev–Trinajstić information content (AvgIpc) is 2.71. The van der Waals surface area contributed by atoms with Crippen LogP contribution < -0.4 is 4.74 Å². The lowest BCUT2D eigenvalue weighted by Crippen LogP contribution is -2.07. The number of esters is 1. The molecule has 156 valence electrons. The van der Waals surface area contributed by atoms with Crippen LogP contribution >= 0.6 is 0 Å². The van der Waals surface area contributed by atoms with Gasteiger partial charge in [0.25, 0.3) is 0 Å². The van der Waals surface area contributed by atoms with Crippen molar-refractivity contribution in [1.82, 2.24) is 0 Å². The second-order valence-electron chi connectivity index (χ2n) is 6.99. The molecule has 0 amide bonds. The molecular formula is C25H32O4. The van der Waals surface area contributed by atoms with Crippen LogP contribution in [0, 0.1) is 23.7 Å². The molecule has 1 aromatic rings. The normalized spacial score (nSPS) is 9.69. The van der Waals surface area contributed by atoms with E-state index in [4.69, 9.17) is 9.84 Å². The molecule has 0 radical (unpaired) electrons. The Kier molecular flexibility index (Phi) is 13.6. The lowest BCUT2D eigenvalue weighted by molar-refractivity contribution is -0.134. The predicted octanol–water partition coefficient (Wildman–Crippen LogP) is 6.00. The van der Waals surface area contributed by atoms with Crippen molar-refractivity contribution in [2.45, 2.75) is 84.0 Å². The third-order valence-electron chi connectivity index (χ3n) is 4.41. The zero-order valence-electron chi connectivity index (χ0n) is 17.5. The first-order valence-corrected chi connectivity index (χ1v) is 10.6. The smallest absolute Gasteiger partial charge is 0.335 e. The molecule has 29 heavy (non-hydrogen) atoms. The first-order chi connectivity index (χ1) is 14.1. The van der Waals surface area contributed by atoms with Crippen LogP contribution in [0.3, 0.4) is 0 Å². The number of ether oxygens (including phenoxy) is 1. The summed E-state index contributed by atoms with van der Waals surface area (Å²) in [4.78, 5) is 22.6. The van der Waals surface area contributed by atoms with Crippen LogP contribution in [0.4, 0.5) is 0 Å². The van der Waals surface area contributed by atoms with E-state index in [9.17, 15) is 9.59 Å². The number of hydrogen-bond donors (Lipinski definition) is 1. The Labute approximate surface area is 175 Å². The van der Waals surface area contributed by atoms with Gasteiger partial charge < -0.3 is 9.84 Å². The van der Waals surface area contributed by atoms with Crippen LogP contribution in [0.5, 0.6) is 5.75 Å². The Morgan fingerprint density at radius 3 is 1.97 bits per heavy atom. The standard InChI is InChI=1S/C25H32O4/c1-2-3-4-5-6-7-8-9-10-11-12-13-14-15-16-17-24(26)29-23-20-18-22(19-21-23)25(27)28/h18-21H,2-5,10-17H2,1H3,(H,27,28). The van der Waals surface area contributed by atoms with Crippen molar-refractivity contribution in [3.8, 4) is 29.4 Å². The molecule has 0 unspecified atom stereocenters. The van der Waals surface area contributed by atoms with Crippen molar-refractivity contribution in [3.63, 3.8) is 0 Å². The van der Waals surface area contributed by atoms with E-state index in [0.29, 0.717) is 12.2 Å². The number of carboxylic acids is 1. The molecular weight excluding hydrogens is 364 g/mol. The summed E-state index contributed by atoms with van der Waals surface area (Å²) < 4.78 is 5.21. The summed E-state index contributed by atoms with van der Waals surface area (Å²) in [6.45, 7) is 2.19. The molecule has 0 spiro atoms. The second-order valence-corrected chi connectivity index (χ2v) is 6.99. The number of unbranched alkanes of at least 4 members (excludes halogenated alkanes) is 9. The lowest BCUT2D eigenvalue weighted by Gasteiger charge is -2.05. The van der Waals surface area contributed by atoms with E-state index in [1.807, 2.05) is 0 Å². The van der Waals surface area contributed by atoms with Crippen LogP contribution in [0.1, 0.15) is 94.3 Å². The zero-order valence-corrected chi connectivity index (χ0v) is 17.5. The van der Waals surface area contributed by atoms with Crippen LogP contribution in [0.25, 0.3) is 0 Å². The van der Waals surface area contributed by atoms with Gasteiger partial charge in [-0.3, -0.25) is 4.79 Å². The number of rotatable bonds is 13. The molecule has 1 N–H and O–H groups in total. The molecule has 0 aliphatic rings. The molecule has 0 fully saturated rings. The van der Waals surface area contributed by atoms with Crippen molar-refractivity contribution in [1.29, 1.82) is 0 Å². The molecule has 1 rings (SSSR count). The quantitative estimate of drug-likeness (QED) is 0.192. The van der Waals surface area contributed by atoms with Gasteiger partial charge in [-0.25, -0.2) is 4.79 Å². The maximum atomic E-state index is 11.8. The maximum absolute atomic E-state index is 11.8. The molecule has 0 aliphatic carbocycles.